The van der Waals surface area contributed by atoms with Crippen molar-refractivity contribution in [2.24, 2.45) is 35.1 Å². The van der Waals surface area contributed by atoms with Gasteiger partial charge < -0.3 is 73.8 Å². The zero-order valence-corrected chi connectivity index (χ0v) is 58.0. The number of carboxylic acids is 1. The Kier molecular flexibility index (Phi) is 27.7. The van der Waals surface area contributed by atoms with Crippen LogP contribution in [0.1, 0.15) is 125 Å². The number of aromatic hydroxyl groups is 1. The molecule has 26 nitrogen and oxygen atoms in total. The second-order valence-corrected chi connectivity index (χ2v) is 29.0. The van der Waals surface area contributed by atoms with Crippen molar-refractivity contribution >= 4 is 99.3 Å². The fourth-order valence-corrected chi connectivity index (χ4v) is 16.1. The van der Waals surface area contributed by atoms with Crippen LogP contribution in [0, 0.1) is 29.5 Å². The van der Waals surface area contributed by atoms with Crippen LogP contribution in [-0.4, -0.2) is 174 Å². The molecule has 4 heterocycles. The van der Waals surface area contributed by atoms with Crippen molar-refractivity contribution in [3.05, 3.63) is 119 Å². The Labute approximate surface area is 592 Å². The third kappa shape index (κ3) is 21.8. The van der Waals surface area contributed by atoms with Gasteiger partial charge in [0.1, 0.15) is 60.0 Å². The number of nitrogens with one attached hydrogen (secondary N) is 9. The number of Topliss-reactive ketones (excluding diaryl/α,β-unsaturated/α-hetero) is 1. The van der Waals surface area contributed by atoms with E-state index in [9.17, 15) is 53.0 Å². The maximum Gasteiger partial charge on any atom is 0.305 e. The largest absolute Gasteiger partial charge is 0.508 e. The Bertz CT molecular complexity index is 3750. The molecule has 15 N–H and O–H groups in total. The number of unbranched alkanes of at least 4 members (excludes halogenated alkanes) is 1. The molecular weight excluding hydrogens is 1340 g/mol. The van der Waals surface area contributed by atoms with E-state index >= 15 is 18.8 Å². The molecule has 2 aliphatic carbocycles. The summed E-state index contributed by atoms with van der Waals surface area (Å²) in [5.41, 5.74) is 15.2. The summed E-state index contributed by atoms with van der Waals surface area (Å²) >= 11 is 2.88. The molecule has 13 atom stereocenters. The van der Waals surface area contributed by atoms with E-state index in [1.54, 1.807) is 0 Å². The number of hydrogen-bond acceptors (Lipinski definition) is 16. The van der Waals surface area contributed by atoms with Gasteiger partial charge in [-0.05, 0) is 154 Å². The number of halogens is 2. The van der Waals surface area contributed by atoms with Crippen molar-refractivity contribution in [1.29, 1.82) is 0 Å². The number of fused-ring (bicyclic) bond motifs is 5. The van der Waals surface area contributed by atoms with Crippen LogP contribution in [0.4, 0.5) is 8.78 Å². The van der Waals surface area contributed by atoms with E-state index in [1.807, 2.05) is 24.3 Å². The second-order valence-electron chi connectivity index (χ2n) is 26.9. The van der Waals surface area contributed by atoms with Gasteiger partial charge in [-0.2, -0.15) is 23.5 Å². The number of aromatic nitrogens is 3. The highest BCUT2D eigenvalue weighted by Crippen LogP contribution is 2.48. The van der Waals surface area contributed by atoms with E-state index in [0.717, 1.165) is 11.1 Å². The number of alkyl halides is 1. The molecule has 3 aromatic carbocycles. The summed E-state index contributed by atoms with van der Waals surface area (Å²) in [7, 11) is 0. The summed E-state index contributed by atoms with van der Waals surface area (Å²) < 4.78 is 30.2. The van der Waals surface area contributed by atoms with E-state index in [2.05, 4.69) is 52.2 Å². The molecule has 544 valence electrons. The van der Waals surface area contributed by atoms with Crippen molar-refractivity contribution in [3.63, 3.8) is 0 Å². The van der Waals surface area contributed by atoms with Gasteiger partial charge in [0, 0.05) is 90.7 Å². The minimum atomic E-state index is -1.97. The average Bonchev–Trinajstić information content (AvgIpc) is 1.73. The van der Waals surface area contributed by atoms with E-state index < -0.39 is 138 Å². The van der Waals surface area contributed by atoms with Gasteiger partial charge in [0.25, 0.3) is 0 Å². The molecule has 4 aliphatic rings. The Morgan fingerprint density at radius 1 is 0.713 bits per heavy atom. The maximum absolute atomic E-state index is 15.3. The number of phenols is 1. The number of H-pyrrole nitrogens is 2. The number of primary amides is 1. The van der Waals surface area contributed by atoms with Crippen molar-refractivity contribution < 1.29 is 71.7 Å². The summed E-state index contributed by atoms with van der Waals surface area (Å²) in [5, 5.41) is 39.8. The minimum absolute atomic E-state index is 0.0281. The van der Waals surface area contributed by atoms with E-state index in [1.165, 1.54) is 96.5 Å². The SMILES string of the molecule is C[C@@H]1NC(=O)[C@H](CCCCN)NC(=O)CCSCc2cccc(c2)CSC[C@@H](C(N)=O)CC(=O)[C@@H]2CCCN2C(=O)[C@H](Cc2ccc(O)cc2)NC(=O)[C@H](Cc2cnc[nH]2)NC(=O)[C@H](CC(=O)O)NC(=O)[C@H](CC2CCC3CCC(F)CC32)NC(=O)[C@H](Cc2c[nH]c3ccc(F)cc23)NC1=O. The number of thioether (sulfide) groups is 2. The molecule has 0 radical (unpaired) electrons. The highest BCUT2D eigenvalue weighted by molar-refractivity contribution is 7.98. The van der Waals surface area contributed by atoms with Gasteiger partial charge in [0.15, 0.2) is 5.78 Å². The van der Waals surface area contributed by atoms with Gasteiger partial charge in [0.2, 0.25) is 53.2 Å². The molecule has 9 rings (SSSR count). The van der Waals surface area contributed by atoms with Crippen LogP contribution >= 0.6 is 23.5 Å². The number of hydrogen-bond donors (Lipinski definition) is 13. The zero-order chi connectivity index (χ0) is 72.3. The quantitative estimate of drug-likeness (QED) is 0.0660. The summed E-state index contributed by atoms with van der Waals surface area (Å²) in [5.74, 6) is -10.2. The second kappa shape index (κ2) is 36.6. The van der Waals surface area contributed by atoms with Crippen LogP contribution in [0.3, 0.4) is 0 Å². The Morgan fingerprint density at radius 3 is 2.11 bits per heavy atom. The third-order valence-corrected chi connectivity index (χ3v) is 21.7. The van der Waals surface area contributed by atoms with Gasteiger partial charge in [0.05, 0.1) is 24.7 Å². The Morgan fingerprint density at radius 2 is 1.39 bits per heavy atom. The molecule has 101 heavy (non-hydrogen) atoms. The van der Waals surface area contributed by atoms with Crippen LogP contribution in [0.25, 0.3) is 10.9 Å². The molecule has 1 saturated heterocycles. The molecule has 30 heteroatoms. The van der Waals surface area contributed by atoms with Gasteiger partial charge in [-0.25, -0.2) is 13.8 Å². The van der Waals surface area contributed by atoms with Gasteiger partial charge >= 0.3 is 5.97 Å². The Balaban J connectivity index is 1.05. The first-order valence-electron chi connectivity index (χ1n) is 34.5. The van der Waals surface area contributed by atoms with E-state index in [0.29, 0.717) is 96.5 Å². The molecule has 2 aliphatic heterocycles. The molecule has 9 amide bonds. The maximum atomic E-state index is 15.3. The Hall–Kier alpha value is -8.90. The molecule has 2 bridgehead atoms. The van der Waals surface area contributed by atoms with E-state index in [-0.39, 0.29) is 93.6 Å². The number of amides is 9. The average molecular weight is 1440 g/mol. The van der Waals surface area contributed by atoms with Gasteiger partial charge in [-0.1, -0.05) is 36.4 Å². The number of carbonyl (C=O) groups is 11. The molecule has 3 fully saturated rings. The normalized spacial score (nSPS) is 27.1. The number of benzene rings is 3. The standard InChI is InChI=1S/C71H91F2N13O13S2/c1-39-65(93)81-56(27-45-33-77-53-19-16-48(73)30-52(45)53)68(96)82-55(26-44-13-12-43-14-15-47(72)29-51(43)44)67(95)84-58(32-63(90)91)70(98)83-57(31-49-34-76-38-78-49)69(97)85-59(25-40-10-17-50(87)18-11-40)71(99)86-22-5-9-60(86)61(88)28-46(64(75)92)37-101-36-42-7-4-6-41(24-42)35-100-23-20-62(89)80-54(66(94)79-39)8-2-3-21-74/h4,6-7,10-11,16-19,24,30,33-34,38-39,43-44,46-47,51,54-60,77,87H,2-3,5,8-9,12-15,20-23,25-29,31-32,35-37,74H2,1H3,(H2,75,92)(H,76,78)(H,79,94)(H,80,89)(H,81,93)(H,82,96)(H,83,98)(H,84,95)(H,85,97)(H,90,91)/t39-,43?,44?,46-,47?,51?,54-,55-,56-,57-,58-,59-,60-/m0/s1. The molecule has 4 unspecified atom stereocenters. The number of aliphatic carboxylic acids is 1. The van der Waals surface area contributed by atoms with Crippen LogP contribution in [0.2, 0.25) is 0 Å². The highest BCUT2D eigenvalue weighted by Gasteiger charge is 2.45. The predicted octanol–water partition coefficient (Wildman–Crippen LogP) is 3.96. The summed E-state index contributed by atoms with van der Waals surface area (Å²) in [4.78, 5) is 169. The number of imidazole rings is 1. The van der Waals surface area contributed by atoms with Crippen LogP contribution in [0.15, 0.2) is 85.5 Å². The first-order chi connectivity index (χ1) is 48.5. The lowest BCUT2D eigenvalue weighted by molar-refractivity contribution is -0.142. The molecule has 2 aromatic heterocycles. The summed E-state index contributed by atoms with van der Waals surface area (Å²) in [6.45, 7) is 1.77. The summed E-state index contributed by atoms with van der Waals surface area (Å²) in [6, 6.07) is 5.78. The fourth-order valence-electron chi connectivity index (χ4n) is 14.1. The first-order valence-corrected chi connectivity index (χ1v) is 36.8. The fraction of sp³-hybridized carbons (Fsp3) is 0.521. The van der Waals surface area contributed by atoms with Crippen LogP contribution in [0.5, 0.6) is 5.75 Å². The van der Waals surface area contributed by atoms with Crippen molar-refractivity contribution in [2.75, 3.05) is 24.6 Å². The highest BCUT2D eigenvalue weighted by atomic mass is 32.2. The number of phenolic OH excluding ortho intramolecular Hbond substituents is 1. The predicted molar refractivity (Wildman–Crippen MR) is 374 cm³/mol. The molecular formula is C71H91F2N13O13S2. The zero-order valence-electron chi connectivity index (χ0n) is 56.4. The first kappa shape index (κ1) is 76.3. The van der Waals surface area contributed by atoms with Crippen molar-refractivity contribution in [2.45, 2.75) is 182 Å². The lowest BCUT2D eigenvalue weighted by atomic mass is 9.75. The topological polar surface area (TPSA) is 412 Å². The van der Waals surface area contributed by atoms with Crippen LogP contribution < -0.4 is 48.7 Å². The lowest BCUT2D eigenvalue weighted by Crippen LogP contribution is -2.61. The third-order valence-electron chi connectivity index (χ3n) is 19.5. The molecule has 0 spiro atoms. The van der Waals surface area contributed by atoms with Crippen LogP contribution in [-0.2, 0) is 83.5 Å². The van der Waals surface area contributed by atoms with Gasteiger partial charge in [-0.3, -0.25) is 52.7 Å². The number of nitrogens with zero attached hydrogens (tertiary/aromatic N) is 2. The lowest BCUT2D eigenvalue weighted by Gasteiger charge is -2.33. The minimum Gasteiger partial charge on any atom is -0.508 e. The number of nitrogens with two attached hydrogens (primary N) is 2. The van der Waals surface area contributed by atoms with Crippen molar-refractivity contribution in [3.8, 4) is 5.75 Å². The van der Waals surface area contributed by atoms with E-state index in [4.69, 9.17) is 11.5 Å². The monoisotopic (exact) mass is 1440 g/mol. The van der Waals surface area contributed by atoms with Gasteiger partial charge in [-0.15, -0.1) is 0 Å². The molecule has 5 aromatic rings. The smallest absolute Gasteiger partial charge is 0.305 e. The summed E-state index contributed by atoms with van der Waals surface area (Å²) in [6.07, 6.45) is 4.80. The number of carbonyl (C=O) groups excluding carboxylic acids is 10. The molecule has 2 saturated carbocycles. The number of rotatable bonds is 15. The number of carboxylic acid groups (broad SMARTS) is 1. The van der Waals surface area contributed by atoms with Crippen molar-refractivity contribution in [1.82, 2.24) is 57.1 Å². The number of aromatic amines is 2. The number of ketones is 1.